The summed E-state index contributed by atoms with van der Waals surface area (Å²) in [6, 6.07) is 5.21. The van der Waals surface area contributed by atoms with Crippen molar-refractivity contribution >= 4 is 23.2 Å². The first kappa shape index (κ1) is 8.53. The van der Waals surface area contributed by atoms with Crippen molar-refractivity contribution in [2.24, 2.45) is 0 Å². The summed E-state index contributed by atoms with van der Waals surface area (Å²) < 4.78 is 1.58. The zero-order valence-corrected chi connectivity index (χ0v) is 8.00. The molecule has 1 aromatic heterocycles. The van der Waals surface area contributed by atoms with E-state index in [1.54, 1.807) is 35.3 Å². The predicted octanol–water partition coefficient (Wildman–Crippen LogP) is 2.57. The first-order chi connectivity index (χ1) is 6.27. The third kappa shape index (κ3) is 1.66. The Kier molecular flexibility index (Phi) is 2.20. The van der Waals surface area contributed by atoms with Crippen molar-refractivity contribution in [3.63, 3.8) is 0 Å². The van der Waals surface area contributed by atoms with Crippen LogP contribution >= 0.6 is 23.2 Å². The van der Waals surface area contributed by atoms with Crippen LogP contribution in [-0.4, -0.2) is 15.0 Å². The molecule has 0 aliphatic heterocycles. The highest BCUT2D eigenvalue weighted by molar-refractivity contribution is 6.35. The van der Waals surface area contributed by atoms with Gasteiger partial charge in [0.2, 0.25) is 0 Å². The van der Waals surface area contributed by atoms with Crippen molar-refractivity contribution in [3.8, 4) is 5.69 Å². The summed E-state index contributed by atoms with van der Waals surface area (Å²) >= 11 is 11.7. The summed E-state index contributed by atoms with van der Waals surface area (Å²) in [4.78, 5) is 0. The maximum Gasteiger partial charge on any atom is 0.0850 e. The first-order valence-electron chi connectivity index (χ1n) is 3.59. The standard InChI is InChI=1S/C8H5Cl2N3/c9-6-1-2-8(7(10)5-6)13-4-3-11-12-13/h1-5H. The van der Waals surface area contributed by atoms with Crippen molar-refractivity contribution in [2.45, 2.75) is 0 Å². The molecule has 0 bridgehead atoms. The Hall–Kier alpha value is -1.06. The molecule has 0 saturated heterocycles. The lowest BCUT2D eigenvalue weighted by atomic mass is 10.3. The number of benzene rings is 1. The third-order valence-corrected chi connectivity index (χ3v) is 2.12. The molecule has 2 rings (SSSR count). The van der Waals surface area contributed by atoms with E-state index in [-0.39, 0.29) is 0 Å². The van der Waals surface area contributed by atoms with E-state index in [1.807, 2.05) is 0 Å². The average molecular weight is 214 g/mol. The van der Waals surface area contributed by atoms with Gasteiger partial charge < -0.3 is 0 Å². The summed E-state index contributed by atoms with van der Waals surface area (Å²) in [5, 5.41) is 8.66. The molecule has 0 unspecified atom stereocenters. The van der Waals surface area contributed by atoms with Gasteiger partial charge in [0, 0.05) is 5.02 Å². The number of rotatable bonds is 1. The van der Waals surface area contributed by atoms with Crippen LogP contribution in [0.2, 0.25) is 10.0 Å². The van der Waals surface area contributed by atoms with Crippen molar-refractivity contribution in [1.82, 2.24) is 15.0 Å². The molecule has 0 aliphatic rings. The number of hydrogen-bond acceptors (Lipinski definition) is 2. The summed E-state index contributed by atoms with van der Waals surface area (Å²) in [6.45, 7) is 0. The van der Waals surface area contributed by atoms with E-state index in [2.05, 4.69) is 10.3 Å². The highest BCUT2D eigenvalue weighted by Crippen LogP contribution is 2.23. The minimum absolute atomic E-state index is 0.554. The van der Waals surface area contributed by atoms with Crippen molar-refractivity contribution in [2.75, 3.05) is 0 Å². The van der Waals surface area contributed by atoms with Gasteiger partial charge >= 0.3 is 0 Å². The molecule has 0 fully saturated rings. The highest BCUT2D eigenvalue weighted by atomic mass is 35.5. The molecule has 0 amide bonds. The molecular formula is C8H5Cl2N3. The topological polar surface area (TPSA) is 30.7 Å². The molecule has 0 N–H and O–H groups in total. The molecule has 1 aromatic carbocycles. The molecule has 2 aromatic rings. The molecule has 0 spiro atoms. The smallest absolute Gasteiger partial charge is 0.0850 e. The molecule has 3 nitrogen and oxygen atoms in total. The first-order valence-corrected chi connectivity index (χ1v) is 4.35. The summed E-state index contributed by atoms with van der Waals surface area (Å²) in [5.41, 5.74) is 0.767. The van der Waals surface area contributed by atoms with Gasteiger partial charge in [-0.05, 0) is 18.2 Å². The second-order valence-electron chi connectivity index (χ2n) is 2.44. The van der Waals surface area contributed by atoms with Gasteiger partial charge in [-0.2, -0.15) is 0 Å². The van der Waals surface area contributed by atoms with Crippen LogP contribution in [0.3, 0.4) is 0 Å². The van der Waals surface area contributed by atoms with Gasteiger partial charge in [0.25, 0.3) is 0 Å². The predicted molar refractivity (Wildman–Crippen MR) is 51.4 cm³/mol. The molecule has 0 atom stereocenters. The Morgan fingerprint density at radius 3 is 2.69 bits per heavy atom. The monoisotopic (exact) mass is 213 g/mol. The second-order valence-corrected chi connectivity index (χ2v) is 3.29. The van der Waals surface area contributed by atoms with E-state index in [0.717, 1.165) is 5.69 Å². The lowest BCUT2D eigenvalue weighted by Crippen LogP contribution is -1.95. The molecule has 0 saturated carbocycles. The molecular weight excluding hydrogens is 209 g/mol. The minimum Gasteiger partial charge on any atom is -0.219 e. The van der Waals surface area contributed by atoms with Gasteiger partial charge in [0.05, 0.1) is 23.1 Å². The van der Waals surface area contributed by atoms with E-state index in [9.17, 15) is 0 Å². The van der Waals surface area contributed by atoms with Gasteiger partial charge in [0.1, 0.15) is 0 Å². The van der Waals surface area contributed by atoms with Gasteiger partial charge in [-0.1, -0.05) is 28.4 Å². The molecule has 13 heavy (non-hydrogen) atoms. The van der Waals surface area contributed by atoms with Crippen LogP contribution < -0.4 is 0 Å². The third-order valence-electron chi connectivity index (χ3n) is 1.58. The average Bonchev–Trinajstić information content (AvgIpc) is 2.56. The van der Waals surface area contributed by atoms with Crippen molar-refractivity contribution in [1.29, 1.82) is 0 Å². The van der Waals surface area contributed by atoms with Crippen LogP contribution in [-0.2, 0) is 0 Å². The van der Waals surface area contributed by atoms with Crippen LogP contribution in [0.5, 0.6) is 0 Å². The molecule has 0 radical (unpaired) electrons. The van der Waals surface area contributed by atoms with Crippen LogP contribution in [0.1, 0.15) is 0 Å². The van der Waals surface area contributed by atoms with Crippen LogP contribution in [0.25, 0.3) is 5.69 Å². The largest absolute Gasteiger partial charge is 0.219 e. The Balaban J connectivity index is 2.53. The van der Waals surface area contributed by atoms with E-state index >= 15 is 0 Å². The maximum atomic E-state index is 5.95. The lowest BCUT2D eigenvalue weighted by Gasteiger charge is -2.02. The van der Waals surface area contributed by atoms with Gasteiger partial charge in [-0.25, -0.2) is 4.68 Å². The number of hydrogen-bond donors (Lipinski definition) is 0. The van der Waals surface area contributed by atoms with E-state index in [4.69, 9.17) is 23.2 Å². The van der Waals surface area contributed by atoms with Crippen LogP contribution in [0.15, 0.2) is 30.6 Å². The fourth-order valence-corrected chi connectivity index (χ4v) is 1.50. The van der Waals surface area contributed by atoms with E-state index < -0.39 is 0 Å². The second kappa shape index (κ2) is 3.36. The lowest BCUT2D eigenvalue weighted by molar-refractivity contribution is 0.803. The molecule has 1 heterocycles. The fraction of sp³-hybridized carbons (Fsp3) is 0. The van der Waals surface area contributed by atoms with Crippen LogP contribution in [0.4, 0.5) is 0 Å². The van der Waals surface area contributed by atoms with Crippen LogP contribution in [0, 0.1) is 0 Å². The zero-order valence-electron chi connectivity index (χ0n) is 6.48. The Morgan fingerprint density at radius 1 is 1.23 bits per heavy atom. The number of halogens is 2. The van der Waals surface area contributed by atoms with Crippen molar-refractivity contribution in [3.05, 3.63) is 40.6 Å². The number of aromatic nitrogens is 3. The fourth-order valence-electron chi connectivity index (χ4n) is 1.00. The quantitative estimate of drug-likeness (QED) is 0.730. The van der Waals surface area contributed by atoms with E-state index in [1.165, 1.54) is 0 Å². The minimum atomic E-state index is 0.554. The SMILES string of the molecule is Clc1ccc(-n2ccnn2)c(Cl)c1. The summed E-state index contributed by atoms with van der Waals surface area (Å²) in [7, 11) is 0. The molecule has 66 valence electrons. The zero-order chi connectivity index (χ0) is 9.26. The van der Waals surface area contributed by atoms with Gasteiger partial charge in [-0.3, -0.25) is 0 Å². The van der Waals surface area contributed by atoms with Gasteiger partial charge in [-0.15, -0.1) is 5.10 Å². The van der Waals surface area contributed by atoms with Gasteiger partial charge in [0.15, 0.2) is 0 Å². The summed E-state index contributed by atoms with van der Waals surface area (Å²) in [6.07, 6.45) is 3.31. The van der Waals surface area contributed by atoms with Crippen molar-refractivity contribution < 1.29 is 0 Å². The Morgan fingerprint density at radius 2 is 2.08 bits per heavy atom. The highest BCUT2D eigenvalue weighted by Gasteiger charge is 2.02. The normalized spacial score (nSPS) is 10.3. The Bertz CT molecular complexity index is 411. The Labute approximate surface area is 84.9 Å². The molecule has 0 aliphatic carbocycles. The molecule has 5 heteroatoms. The number of nitrogens with zero attached hydrogens (tertiary/aromatic N) is 3. The maximum absolute atomic E-state index is 5.95. The van der Waals surface area contributed by atoms with E-state index in [0.29, 0.717) is 10.0 Å². The summed E-state index contributed by atoms with van der Waals surface area (Å²) in [5.74, 6) is 0.